The summed E-state index contributed by atoms with van der Waals surface area (Å²) in [7, 11) is 1.91. The fourth-order valence-electron chi connectivity index (χ4n) is 3.37. The van der Waals surface area contributed by atoms with Gasteiger partial charge in [0.05, 0.1) is 11.3 Å². The summed E-state index contributed by atoms with van der Waals surface area (Å²) < 4.78 is 1.82. The molecule has 2 aliphatic rings. The molecular weight excluding hydrogens is 264 g/mol. The van der Waals surface area contributed by atoms with Crippen LogP contribution in [0.1, 0.15) is 47.4 Å². The monoisotopic (exact) mass is 290 g/mol. The van der Waals surface area contributed by atoms with Crippen molar-refractivity contribution in [2.45, 2.75) is 45.6 Å². The van der Waals surface area contributed by atoms with Crippen molar-refractivity contribution in [1.82, 2.24) is 20.0 Å². The molecule has 0 spiro atoms. The molecule has 1 N–H and O–H groups in total. The summed E-state index contributed by atoms with van der Waals surface area (Å²) in [4.78, 5) is 15.1. The summed E-state index contributed by atoms with van der Waals surface area (Å²) in [5.74, 6) is 0.784. The maximum Gasteiger partial charge on any atom is 0.257 e. The Morgan fingerprint density at radius 2 is 2.14 bits per heavy atom. The third-order valence-electron chi connectivity index (χ3n) is 4.83. The van der Waals surface area contributed by atoms with Gasteiger partial charge < -0.3 is 10.2 Å². The van der Waals surface area contributed by atoms with E-state index in [2.05, 4.69) is 15.3 Å². The number of amides is 1. The largest absolute Gasteiger partial charge is 0.335 e. The maximum absolute atomic E-state index is 13.0. The lowest BCUT2D eigenvalue weighted by Crippen LogP contribution is -2.42. The highest BCUT2D eigenvalue weighted by Crippen LogP contribution is 2.31. The van der Waals surface area contributed by atoms with E-state index in [0.29, 0.717) is 12.0 Å². The SMILES string of the molecule is Cc1nn(C)c(C)c1C(=O)N(CC1CCCNC1)C1CC1. The Bertz CT molecular complexity index is 527. The van der Waals surface area contributed by atoms with Crippen molar-refractivity contribution in [3.63, 3.8) is 0 Å². The van der Waals surface area contributed by atoms with Crippen molar-refractivity contribution in [3.8, 4) is 0 Å². The molecule has 1 atom stereocenters. The Balaban J connectivity index is 1.78. The second kappa shape index (κ2) is 5.79. The molecule has 21 heavy (non-hydrogen) atoms. The third kappa shape index (κ3) is 2.98. The molecular formula is C16H26N4O. The Morgan fingerprint density at radius 1 is 1.38 bits per heavy atom. The fraction of sp³-hybridized carbons (Fsp3) is 0.750. The molecule has 1 aromatic rings. The number of nitrogens with zero attached hydrogens (tertiary/aromatic N) is 3. The Hall–Kier alpha value is -1.36. The van der Waals surface area contributed by atoms with Crippen LogP contribution in [0.4, 0.5) is 0 Å². The number of nitrogens with one attached hydrogen (secondary N) is 1. The van der Waals surface area contributed by atoms with Crippen LogP contribution in [-0.4, -0.2) is 46.3 Å². The lowest BCUT2D eigenvalue weighted by molar-refractivity contribution is 0.0702. The molecule has 3 rings (SSSR count). The zero-order chi connectivity index (χ0) is 15.0. The van der Waals surface area contributed by atoms with Crippen molar-refractivity contribution in [3.05, 3.63) is 17.0 Å². The normalized spacial score (nSPS) is 22.3. The van der Waals surface area contributed by atoms with Crippen molar-refractivity contribution in [2.75, 3.05) is 19.6 Å². The molecule has 0 aromatic carbocycles. The van der Waals surface area contributed by atoms with E-state index in [1.165, 1.54) is 12.8 Å². The lowest BCUT2D eigenvalue weighted by Gasteiger charge is -2.30. The summed E-state index contributed by atoms with van der Waals surface area (Å²) in [6, 6.07) is 0.457. The minimum absolute atomic E-state index is 0.186. The van der Waals surface area contributed by atoms with Gasteiger partial charge in [-0.1, -0.05) is 0 Å². The van der Waals surface area contributed by atoms with Gasteiger partial charge in [0, 0.05) is 25.3 Å². The topological polar surface area (TPSA) is 50.2 Å². The Morgan fingerprint density at radius 3 is 2.67 bits per heavy atom. The number of piperidine rings is 1. The molecule has 1 aromatic heterocycles. The van der Waals surface area contributed by atoms with E-state index >= 15 is 0 Å². The van der Waals surface area contributed by atoms with E-state index in [1.807, 2.05) is 25.6 Å². The zero-order valence-corrected chi connectivity index (χ0v) is 13.4. The Kier molecular flexibility index (Phi) is 4.02. The number of hydrogen-bond donors (Lipinski definition) is 1. The van der Waals surface area contributed by atoms with E-state index in [0.717, 1.165) is 49.4 Å². The van der Waals surface area contributed by atoms with Crippen LogP contribution < -0.4 is 5.32 Å². The maximum atomic E-state index is 13.0. The number of aromatic nitrogens is 2. The third-order valence-corrected chi connectivity index (χ3v) is 4.83. The van der Waals surface area contributed by atoms with Gasteiger partial charge >= 0.3 is 0 Å². The number of aryl methyl sites for hydroxylation is 2. The molecule has 2 fully saturated rings. The molecule has 0 bridgehead atoms. The highest BCUT2D eigenvalue weighted by Gasteiger charge is 2.36. The molecule has 1 aliphatic carbocycles. The smallest absolute Gasteiger partial charge is 0.257 e. The summed E-state index contributed by atoms with van der Waals surface area (Å²) >= 11 is 0. The first kappa shape index (κ1) is 14.6. The van der Waals surface area contributed by atoms with Crippen molar-refractivity contribution in [2.24, 2.45) is 13.0 Å². The predicted octanol–water partition coefficient (Wildman–Crippen LogP) is 1.64. The first-order chi connectivity index (χ1) is 10.1. The van der Waals surface area contributed by atoms with Crippen LogP contribution in [0, 0.1) is 19.8 Å². The second-order valence-corrected chi connectivity index (χ2v) is 6.57. The summed E-state index contributed by atoms with van der Waals surface area (Å²) in [6.45, 7) is 6.98. The minimum atomic E-state index is 0.186. The molecule has 1 aliphatic heterocycles. The van der Waals surface area contributed by atoms with Crippen LogP contribution in [0.5, 0.6) is 0 Å². The van der Waals surface area contributed by atoms with Crippen LogP contribution >= 0.6 is 0 Å². The van der Waals surface area contributed by atoms with Gasteiger partial charge in [-0.2, -0.15) is 5.10 Å². The molecule has 1 saturated heterocycles. The molecule has 1 amide bonds. The molecule has 1 saturated carbocycles. The van der Waals surface area contributed by atoms with E-state index in [-0.39, 0.29) is 5.91 Å². The van der Waals surface area contributed by atoms with Crippen LogP contribution in [-0.2, 0) is 7.05 Å². The first-order valence-corrected chi connectivity index (χ1v) is 8.09. The van der Waals surface area contributed by atoms with Gasteiger partial charge in [0.2, 0.25) is 0 Å². The fourth-order valence-corrected chi connectivity index (χ4v) is 3.37. The predicted molar refractivity (Wildman–Crippen MR) is 82.3 cm³/mol. The number of rotatable bonds is 4. The van der Waals surface area contributed by atoms with E-state index in [9.17, 15) is 4.79 Å². The van der Waals surface area contributed by atoms with Gasteiger partial charge in [0.15, 0.2) is 0 Å². The van der Waals surface area contributed by atoms with E-state index in [1.54, 1.807) is 0 Å². The van der Waals surface area contributed by atoms with Crippen LogP contribution in [0.25, 0.3) is 0 Å². The molecule has 2 heterocycles. The molecule has 1 unspecified atom stereocenters. The summed E-state index contributed by atoms with van der Waals surface area (Å²) in [5.41, 5.74) is 2.64. The van der Waals surface area contributed by atoms with Crippen molar-refractivity contribution in [1.29, 1.82) is 0 Å². The van der Waals surface area contributed by atoms with Gasteiger partial charge in [0.25, 0.3) is 5.91 Å². The average Bonchev–Trinajstić information content (AvgIpc) is 3.26. The quantitative estimate of drug-likeness (QED) is 0.917. The van der Waals surface area contributed by atoms with E-state index < -0.39 is 0 Å². The van der Waals surface area contributed by atoms with Crippen LogP contribution in [0.3, 0.4) is 0 Å². The number of carbonyl (C=O) groups is 1. The molecule has 5 nitrogen and oxygen atoms in total. The average molecular weight is 290 g/mol. The van der Waals surface area contributed by atoms with Gasteiger partial charge in [-0.25, -0.2) is 0 Å². The lowest BCUT2D eigenvalue weighted by atomic mass is 9.98. The number of carbonyl (C=O) groups excluding carboxylic acids is 1. The van der Waals surface area contributed by atoms with Gasteiger partial charge in [0.1, 0.15) is 0 Å². The van der Waals surface area contributed by atoms with Gasteiger partial charge in [-0.05, 0) is 58.5 Å². The van der Waals surface area contributed by atoms with Gasteiger partial charge in [-0.15, -0.1) is 0 Å². The standard InChI is InChI=1S/C16H26N4O/c1-11-15(12(2)19(3)18-11)16(21)20(14-6-7-14)10-13-5-4-8-17-9-13/h13-14,17H,4-10H2,1-3H3. The highest BCUT2D eigenvalue weighted by atomic mass is 16.2. The van der Waals surface area contributed by atoms with Crippen LogP contribution in [0.2, 0.25) is 0 Å². The van der Waals surface area contributed by atoms with Crippen LogP contribution in [0.15, 0.2) is 0 Å². The molecule has 116 valence electrons. The first-order valence-electron chi connectivity index (χ1n) is 8.09. The highest BCUT2D eigenvalue weighted by molar-refractivity contribution is 5.96. The molecule has 5 heteroatoms. The summed E-state index contributed by atoms with van der Waals surface area (Å²) in [6.07, 6.45) is 4.77. The number of hydrogen-bond acceptors (Lipinski definition) is 3. The zero-order valence-electron chi connectivity index (χ0n) is 13.4. The summed E-state index contributed by atoms with van der Waals surface area (Å²) in [5, 5.41) is 7.85. The Labute approximate surface area is 126 Å². The van der Waals surface area contributed by atoms with Gasteiger partial charge in [-0.3, -0.25) is 9.48 Å². The van der Waals surface area contributed by atoms with E-state index in [4.69, 9.17) is 0 Å². The van der Waals surface area contributed by atoms with Crippen molar-refractivity contribution < 1.29 is 4.79 Å². The molecule has 0 radical (unpaired) electrons. The second-order valence-electron chi connectivity index (χ2n) is 6.57. The minimum Gasteiger partial charge on any atom is -0.335 e. The van der Waals surface area contributed by atoms with Crippen molar-refractivity contribution >= 4 is 5.91 Å².